The molecule has 0 spiro atoms. The Morgan fingerprint density at radius 1 is 1.05 bits per heavy atom. The molecule has 3 rings (SSSR count). The fraction of sp³-hybridized carbons (Fsp3) is 0.111. The quantitative estimate of drug-likeness (QED) is 0.691. The van der Waals surface area contributed by atoms with Crippen molar-refractivity contribution < 1.29 is 9.59 Å². The summed E-state index contributed by atoms with van der Waals surface area (Å²) in [5.74, 6) is -0.213. The number of anilines is 1. The molecule has 1 amide bonds. The Morgan fingerprint density at radius 2 is 1.71 bits per heavy atom. The van der Waals surface area contributed by atoms with Gasteiger partial charge in [-0.25, -0.2) is 0 Å². The van der Waals surface area contributed by atoms with E-state index in [0.717, 1.165) is 11.3 Å². The van der Waals surface area contributed by atoms with E-state index in [4.69, 9.17) is 0 Å². The molecule has 0 unspecified atom stereocenters. The monoisotopic (exact) mass is 277 g/mol. The minimum atomic E-state index is -0.805. The third-order valence-electron chi connectivity index (χ3n) is 3.83. The number of nitrogens with one attached hydrogen (secondary N) is 1. The van der Waals surface area contributed by atoms with E-state index in [2.05, 4.69) is 5.32 Å². The van der Waals surface area contributed by atoms with E-state index in [-0.39, 0.29) is 11.7 Å². The SMILES string of the molecule is C[C@]1(/C=C\C(=O)c2ccccc2)C(=O)Nc2ccccc21. The van der Waals surface area contributed by atoms with Gasteiger partial charge in [0.15, 0.2) is 5.78 Å². The maximum atomic E-state index is 12.2. The standard InChI is InChI=1S/C18H15NO2/c1-18(12-11-16(20)13-7-3-2-4-8-13)14-9-5-6-10-15(14)19-17(18)21/h2-12H,1H3,(H,19,21)/b12-11-/t18-/m1/s1. The number of hydrogen-bond acceptors (Lipinski definition) is 2. The normalized spacial score (nSPS) is 20.3. The maximum Gasteiger partial charge on any atom is 0.238 e. The van der Waals surface area contributed by atoms with Crippen molar-refractivity contribution in [1.82, 2.24) is 0 Å². The van der Waals surface area contributed by atoms with Crippen molar-refractivity contribution in [3.05, 3.63) is 77.9 Å². The Balaban J connectivity index is 1.92. The van der Waals surface area contributed by atoms with Gasteiger partial charge in [-0.05, 0) is 24.6 Å². The van der Waals surface area contributed by atoms with Crippen molar-refractivity contribution in [2.45, 2.75) is 12.3 Å². The van der Waals surface area contributed by atoms with Crippen molar-refractivity contribution in [3.63, 3.8) is 0 Å². The molecule has 0 aromatic heterocycles. The van der Waals surface area contributed by atoms with Crippen LogP contribution in [0.15, 0.2) is 66.7 Å². The van der Waals surface area contributed by atoms with Gasteiger partial charge in [0.25, 0.3) is 0 Å². The van der Waals surface area contributed by atoms with Crippen molar-refractivity contribution in [1.29, 1.82) is 0 Å². The van der Waals surface area contributed by atoms with Crippen LogP contribution in [0.25, 0.3) is 0 Å². The van der Waals surface area contributed by atoms with Crippen LogP contribution in [0.3, 0.4) is 0 Å². The van der Waals surface area contributed by atoms with Gasteiger partial charge in [-0.3, -0.25) is 9.59 Å². The Bertz CT molecular complexity index is 734. The fourth-order valence-electron chi connectivity index (χ4n) is 2.53. The van der Waals surface area contributed by atoms with Crippen LogP contribution in [0, 0.1) is 0 Å². The molecule has 0 saturated carbocycles. The molecule has 104 valence electrons. The highest BCUT2D eigenvalue weighted by Crippen LogP contribution is 2.38. The van der Waals surface area contributed by atoms with Crippen molar-refractivity contribution in [3.8, 4) is 0 Å². The third kappa shape index (κ3) is 2.27. The van der Waals surface area contributed by atoms with E-state index >= 15 is 0 Å². The van der Waals surface area contributed by atoms with Crippen molar-refractivity contribution >= 4 is 17.4 Å². The van der Waals surface area contributed by atoms with Crippen molar-refractivity contribution in [2.75, 3.05) is 5.32 Å². The Kier molecular flexibility index (Phi) is 3.18. The molecule has 0 aliphatic carbocycles. The number of ketones is 1. The first-order valence-electron chi connectivity index (χ1n) is 6.81. The number of hydrogen-bond donors (Lipinski definition) is 1. The molecule has 3 nitrogen and oxygen atoms in total. The number of fused-ring (bicyclic) bond motifs is 1. The summed E-state index contributed by atoms with van der Waals surface area (Å²) >= 11 is 0. The second-order valence-electron chi connectivity index (χ2n) is 5.27. The predicted octanol–water partition coefficient (Wildman–Crippen LogP) is 3.34. The second kappa shape index (κ2) is 5.02. The van der Waals surface area contributed by atoms with Gasteiger partial charge in [-0.2, -0.15) is 0 Å². The van der Waals surface area contributed by atoms with Crippen LogP contribution in [-0.4, -0.2) is 11.7 Å². The molecular formula is C18H15NO2. The second-order valence-corrected chi connectivity index (χ2v) is 5.27. The highest BCUT2D eigenvalue weighted by atomic mass is 16.2. The third-order valence-corrected chi connectivity index (χ3v) is 3.83. The molecule has 1 atom stereocenters. The average Bonchev–Trinajstić information content (AvgIpc) is 2.78. The van der Waals surface area contributed by atoms with Gasteiger partial charge in [0.2, 0.25) is 5.91 Å². The van der Waals surface area contributed by atoms with Gasteiger partial charge in [0, 0.05) is 11.3 Å². The Labute approximate surface area is 123 Å². The number of benzene rings is 2. The largest absolute Gasteiger partial charge is 0.325 e. The summed E-state index contributed by atoms with van der Waals surface area (Å²) in [5, 5.41) is 2.85. The molecular weight excluding hydrogens is 262 g/mol. The molecule has 0 fully saturated rings. The van der Waals surface area contributed by atoms with Gasteiger partial charge in [0.05, 0.1) is 5.41 Å². The first-order valence-corrected chi connectivity index (χ1v) is 6.81. The summed E-state index contributed by atoms with van der Waals surface area (Å²) in [6, 6.07) is 16.6. The van der Waals surface area contributed by atoms with Crippen LogP contribution >= 0.6 is 0 Å². The molecule has 0 saturated heterocycles. The summed E-state index contributed by atoms with van der Waals surface area (Å²) in [5.41, 5.74) is 1.51. The summed E-state index contributed by atoms with van der Waals surface area (Å²) in [7, 11) is 0. The van der Waals surface area contributed by atoms with Crippen molar-refractivity contribution in [2.24, 2.45) is 0 Å². The van der Waals surface area contributed by atoms with Crippen LogP contribution in [0.1, 0.15) is 22.8 Å². The van der Waals surface area contributed by atoms with E-state index in [1.54, 1.807) is 18.2 Å². The number of para-hydroxylation sites is 1. The lowest BCUT2D eigenvalue weighted by Gasteiger charge is -2.17. The first kappa shape index (κ1) is 13.3. The van der Waals surface area contributed by atoms with E-state index in [1.165, 1.54) is 6.08 Å². The van der Waals surface area contributed by atoms with Crippen LogP contribution in [0.4, 0.5) is 5.69 Å². The highest BCUT2D eigenvalue weighted by molar-refractivity contribution is 6.09. The topological polar surface area (TPSA) is 46.2 Å². The molecule has 1 heterocycles. The molecule has 1 aliphatic rings. The van der Waals surface area contributed by atoms with Gasteiger partial charge >= 0.3 is 0 Å². The molecule has 21 heavy (non-hydrogen) atoms. The summed E-state index contributed by atoms with van der Waals surface area (Å²) in [4.78, 5) is 24.4. The molecule has 2 aromatic rings. The highest BCUT2D eigenvalue weighted by Gasteiger charge is 2.40. The van der Waals surface area contributed by atoms with E-state index < -0.39 is 5.41 Å². The summed E-state index contributed by atoms with van der Waals surface area (Å²) < 4.78 is 0. The van der Waals surface area contributed by atoms with E-state index in [9.17, 15) is 9.59 Å². The molecule has 3 heteroatoms. The van der Waals surface area contributed by atoms with Gasteiger partial charge in [-0.1, -0.05) is 54.6 Å². The van der Waals surface area contributed by atoms with Gasteiger partial charge in [0.1, 0.15) is 0 Å². The lowest BCUT2D eigenvalue weighted by Crippen LogP contribution is -2.28. The molecule has 1 aliphatic heterocycles. The maximum absolute atomic E-state index is 12.2. The average molecular weight is 277 g/mol. The lowest BCUT2D eigenvalue weighted by molar-refractivity contribution is -0.118. The minimum Gasteiger partial charge on any atom is -0.325 e. The Morgan fingerprint density at radius 3 is 2.48 bits per heavy atom. The lowest BCUT2D eigenvalue weighted by atomic mass is 9.83. The number of amides is 1. The zero-order valence-corrected chi connectivity index (χ0v) is 11.7. The molecule has 0 bridgehead atoms. The molecule has 1 N–H and O–H groups in total. The Hall–Kier alpha value is -2.68. The number of rotatable bonds is 3. The molecule has 2 aromatic carbocycles. The van der Waals surface area contributed by atoms with Gasteiger partial charge in [-0.15, -0.1) is 0 Å². The van der Waals surface area contributed by atoms with Crippen LogP contribution in [0.5, 0.6) is 0 Å². The van der Waals surface area contributed by atoms with Crippen LogP contribution in [-0.2, 0) is 10.2 Å². The molecule has 0 radical (unpaired) electrons. The fourth-order valence-corrected chi connectivity index (χ4v) is 2.53. The zero-order chi connectivity index (χ0) is 14.9. The first-order chi connectivity index (χ1) is 10.1. The van der Waals surface area contributed by atoms with E-state index in [1.807, 2.05) is 49.4 Å². The predicted molar refractivity (Wildman–Crippen MR) is 82.3 cm³/mol. The van der Waals surface area contributed by atoms with Crippen LogP contribution < -0.4 is 5.32 Å². The number of carbonyl (C=O) groups is 2. The summed E-state index contributed by atoms with van der Waals surface area (Å²) in [6.07, 6.45) is 3.17. The zero-order valence-electron chi connectivity index (χ0n) is 11.7. The summed E-state index contributed by atoms with van der Waals surface area (Å²) in [6.45, 7) is 1.82. The van der Waals surface area contributed by atoms with Gasteiger partial charge < -0.3 is 5.32 Å². The number of allylic oxidation sites excluding steroid dienone is 1. The van der Waals surface area contributed by atoms with Crippen LogP contribution in [0.2, 0.25) is 0 Å². The smallest absolute Gasteiger partial charge is 0.238 e. The number of carbonyl (C=O) groups excluding carboxylic acids is 2. The minimum absolute atomic E-state index is 0.103. The van der Waals surface area contributed by atoms with E-state index in [0.29, 0.717) is 5.56 Å².